The van der Waals surface area contributed by atoms with Crippen LogP contribution in [0.3, 0.4) is 0 Å². The van der Waals surface area contributed by atoms with E-state index in [1.807, 2.05) is 24.3 Å². The number of benzene rings is 2. The first-order chi connectivity index (χ1) is 16.8. The SMILES string of the molecule is O=C1Cc2nc(-c3ccc4[nH][nH]c(=O)c4c3C(F)(F)F)nc(Nc3n[nH]c4ccccc34)c2CN1. The van der Waals surface area contributed by atoms with Gasteiger partial charge in [0.1, 0.15) is 5.82 Å². The zero-order valence-electron chi connectivity index (χ0n) is 17.7. The third kappa shape index (κ3) is 3.39. The number of H-pyrrole nitrogens is 3. The minimum absolute atomic E-state index is 0.00440. The summed E-state index contributed by atoms with van der Waals surface area (Å²) < 4.78 is 42.6. The van der Waals surface area contributed by atoms with Crippen LogP contribution in [0.4, 0.5) is 24.8 Å². The monoisotopic (exact) mass is 480 g/mol. The fourth-order valence-electron chi connectivity index (χ4n) is 4.27. The van der Waals surface area contributed by atoms with Crippen molar-refractivity contribution in [3.05, 3.63) is 63.6 Å². The molecule has 3 aromatic heterocycles. The normalized spacial score (nSPS) is 13.7. The quantitative estimate of drug-likeness (QED) is 0.268. The maximum Gasteiger partial charge on any atom is 0.417 e. The van der Waals surface area contributed by atoms with Gasteiger partial charge in [0.05, 0.1) is 34.1 Å². The summed E-state index contributed by atoms with van der Waals surface area (Å²) in [5.74, 6) is 0.0406. The van der Waals surface area contributed by atoms with Crippen molar-refractivity contribution in [2.45, 2.75) is 19.1 Å². The molecule has 1 amide bonds. The number of alkyl halides is 3. The van der Waals surface area contributed by atoms with Gasteiger partial charge in [-0.15, -0.1) is 0 Å². The van der Waals surface area contributed by atoms with Crippen LogP contribution in [-0.4, -0.2) is 36.3 Å². The van der Waals surface area contributed by atoms with Gasteiger partial charge >= 0.3 is 6.18 Å². The van der Waals surface area contributed by atoms with Crippen molar-refractivity contribution in [3.8, 4) is 11.4 Å². The van der Waals surface area contributed by atoms with E-state index >= 15 is 0 Å². The number of nitrogens with one attached hydrogen (secondary N) is 5. The standard InChI is InChI=1S/C22H15F3N8O2/c23-22(24,25)17-10(5-6-13-16(17)21(35)33-31-13)18-27-14-7-15(34)26-8-11(14)19(28-18)29-20-9-3-1-2-4-12(9)30-32-20/h1-6H,7-8H2,(H,26,34)(H2,31,33,35)(H2,27,28,29,30,32). The van der Waals surface area contributed by atoms with Gasteiger partial charge in [-0.1, -0.05) is 12.1 Å². The van der Waals surface area contributed by atoms with E-state index in [9.17, 15) is 22.8 Å². The molecule has 1 aliphatic rings. The van der Waals surface area contributed by atoms with Crippen LogP contribution in [0, 0.1) is 0 Å². The van der Waals surface area contributed by atoms with Crippen molar-refractivity contribution in [1.82, 2.24) is 35.7 Å². The molecule has 5 N–H and O–H groups in total. The lowest BCUT2D eigenvalue weighted by Crippen LogP contribution is -2.32. The van der Waals surface area contributed by atoms with Gasteiger partial charge < -0.3 is 10.6 Å². The highest BCUT2D eigenvalue weighted by Crippen LogP contribution is 2.40. The van der Waals surface area contributed by atoms with E-state index in [1.165, 1.54) is 12.1 Å². The number of amides is 1. The Morgan fingerprint density at radius 2 is 1.77 bits per heavy atom. The van der Waals surface area contributed by atoms with Crippen molar-refractivity contribution in [2.24, 2.45) is 0 Å². The van der Waals surface area contributed by atoms with E-state index in [0.717, 1.165) is 10.9 Å². The van der Waals surface area contributed by atoms with Crippen molar-refractivity contribution < 1.29 is 18.0 Å². The molecule has 35 heavy (non-hydrogen) atoms. The van der Waals surface area contributed by atoms with Crippen LogP contribution in [0.5, 0.6) is 0 Å². The molecule has 0 saturated heterocycles. The minimum Gasteiger partial charge on any atom is -0.351 e. The third-order valence-electron chi connectivity index (χ3n) is 5.86. The van der Waals surface area contributed by atoms with Gasteiger partial charge in [-0.25, -0.2) is 9.97 Å². The minimum atomic E-state index is -4.87. The molecule has 0 atom stereocenters. The van der Waals surface area contributed by atoms with E-state index in [-0.39, 0.29) is 47.3 Å². The summed E-state index contributed by atoms with van der Waals surface area (Å²) in [5, 5.41) is 17.7. The zero-order valence-corrected chi connectivity index (χ0v) is 17.7. The first-order valence-electron chi connectivity index (χ1n) is 10.5. The lowest BCUT2D eigenvalue weighted by Gasteiger charge is -2.21. The topological polar surface area (TPSA) is 144 Å². The summed E-state index contributed by atoms with van der Waals surface area (Å²) in [4.78, 5) is 33.0. The van der Waals surface area contributed by atoms with E-state index < -0.39 is 22.7 Å². The molecule has 1 aliphatic heterocycles. The van der Waals surface area contributed by atoms with Gasteiger partial charge in [0.2, 0.25) is 5.91 Å². The number of para-hydroxylation sites is 1. The van der Waals surface area contributed by atoms with Crippen LogP contribution in [0.1, 0.15) is 16.8 Å². The largest absolute Gasteiger partial charge is 0.417 e. The predicted octanol–water partition coefficient (Wildman–Crippen LogP) is 3.12. The second-order valence-corrected chi connectivity index (χ2v) is 8.00. The molecule has 0 spiro atoms. The van der Waals surface area contributed by atoms with Gasteiger partial charge in [-0.05, 0) is 24.3 Å². The second-order valence-electron chi connectivity index (χ2n) is 8.00. The number of nitrogens with zero attached hydrogens (tertiary/aromatic N) is 3. The van der Waals surface area contributed by atoms with Crippen molar-refractivity contribution in [2.75, 3.05) is 5.32 Å². The Hall–Kier alpha value is -4.68. The number of aromatic amines is 3. The molecule has 0 saturated carbocycles. The van der Waals surface area contributed by atoms with Crippen LogP contribution in [0.2, 0.25) is 0 Å². The summed E-state index contributed by atoms with van der Waals surface area (Å²) in [5.41, 5.74) is -0.861. The number of fused-ring (bicyclic) bond motifs is 3. The van der Waals surface area contributed by atoms with Crippen LogP contribution in [-0.2, 0) is 23.9 Å². The summed E-state index contributed by atoms with van der Waals surface area (Å²) in [6.07, 6.45) is -5.00. The maximum absolute atomic E-state index is 14.2. The number of carbonyl (C=O) groups is 1. The van der Waals surface area contributed by atoms with Crippen LogP contribution in [0.15, 0.2) is 41.2 Å². The van der Waals surface area contributed by atoms with Gasteiger partial charge in [0.25, 0.3) is 5.56 Å². The highest BCUT2D eigenvalue weighted by molar-refractivity contribution is 5.92. The Morgan fingerprint density at radius 3 is 2.60 bits per heavy atom. The highest BCUT2D eigenvalue weighted by Gasteiger charge is 2.38. The smallest absolute Gasteiger partial charge is 0.351 e. The molecule has 6 rings (SSSR count). The molecular formula is C22H15F3N8O2. The average molecular weight is 480 g/mol. The molecule has 0 unspecified atom stereocenters. The van der Waals surface area contributed by atoms with Crippen molar-refractivity contribution in [1.29, 1.82) is 0 Å². The second kappa shape index (κ2) is 7.41. The summed E-state index contributed by atoms with van der Waals surface area (Å²) >= 11 is 0. The third-order valence-corrected chi connectivity index (χ3v) is 5.86. The van der Waals surface area contributed by atoms with Crippen molar-refractivity contribution in [3.63, 3.8) is 0 Å². The highest BCUT2D eigenvalue weighted by atomic mass is 19.4. The molecule has 13 heteroatoms. The number of hydrogen-bond donors (Lipinski definition) is 5. The van der Waals surface area contributed by atoms with E-state index in [1.54, 1.807) is 0 Å². The Morgan fingerprint density at radius 1 is 0.943 bits per heavy atom. The van der Waals surface area contributed by atoms with Crippen LogP contribution >= 0.6 is 0 Å². The van der Waals surface area contributed by atoms with Crippen molar-refractivity contribution >= 4 is 39.3 Å². The molecule has 5 aromatic rings. The molecule has 2 aromatic carbocycles. The van der Waals surface area contributed by atoms with Gasteiger partial charge in [-0.3, -0.25) is 24.9 Å². The van der Waals surface area contributed by atoms with Gasteiger partial charge in [-0.2, -0.15) is 18.3 Å². The lowest BCUT2D eigenvalue weighted by atomic mass is 10.0. The fourth-order valence-corrected chi connectivity index (χ4v) is 4.27. The number of aromatic nitrogens is 6. The van der Waals surface area contributed by atoms with E-state index in [2.05, 4.69) is 41.0 Å². The maximum atomic E-state index is 14.2. The van der Waals surface area contributed by atoms with E-state index in [0.29, 0.717) is 11.4 Å². The first kappa shape index (κ1) is 20.9. The number of hydrogen-bond acceptors (Lipinski definition) is 6. The van der Waals surface area contributed by atoms with E-state index in [4.69, 9.17) is 0 Å². The Bertz CT molecular complexity index is 1700. The predicted molar refractivity (Wildman–Crippen MR) is 120 cm³/mol. The molecule has 10 nitrogen and oxygen atoms in total. The summed E-state index contributed by atoms with van der Waals surface area (Å²) in [6, 6.07) is 9.86. The van der Waals surface area contributed by atoms with Crippen LogP contribution < -0.4 is 16.2 Å². The molecule has 4 heterocycles. The molecule has 0 fully saturated rings. The number of carbonyl (C=O) groups excluding carboxylic acids is 1. The summed E-state index contributed by atoms with van der Waals surface area (Å²) in [7, 11) is 0. The fraction of sp³-hybridized carbons (Fsp3) is 0.136. The zero-order chi connectivity index (χ0) is 24.3. The Kier molecular flexibility index (Phi) is 4.43. The number of anilines is 2. The number of halogens is 3. The molecule has 0 bridgehead atoms. The lowest BCUT2D eigenvalue weighted by molar-refractivity contribution is -0.135. The first-order valence-corrected chi connectivity index (χ1v) is 10.5. The summed E-state index contributed by atoms with van der Waals surface area (Å²) in [6.45, 7) is 0.0990. The van der Waals surface area contributed by atoms with Crippen LogP contribution in [0.25, 0.3) is 33.2 Å². The van der Waals surface area contributed by atoms with Gasteiger partial charge in [0.15, 0.2) is 11.6 Å². The van der Waals surface area contributed by atoms with Gasteiger partial charge in [0, 0.05) is 23.1 Å². The Labute approximate surface area is 193 Å². The number of rotatable bonds is 3. The average Bonchev–Trinajstić information content (AvgIpc) is 3.41. The molecule has 0 aliphatic carbocycles. The molecular weight excluding hydrogens is 465 g/mol. The molecule has 0 radical (unpaired) electrons. The Balaban J connectivity index is 1.58. The molecule has 176 valence electrons.